The summed E-state index contributed by atoms with van der Waals surface area (Å²) in [6.07, 6.45) is 0. The summed E-state index contributed by atoms with van der Waals surface area (Å²) >= 11 is 0. The maximum Gasteiger partial charge on any atom is 0.254 e. The van der Waals surface area contributed by atoms with Crippen LogP contribution in [0.4, 0.5) is 23.2 Å². The minimum atomic E-state index is -1.76. The number of nitrogens with zero attached hydrogens (tertiary/aromatic N) is 2. The second kappa shape index (κ2) is 5.75. The predicted octanol–water partition coefficient (Wildman–Crippen LogP) is 3.20. The molecule has 23 heavy (non-hydrogen) atoms. The number of rotatable bonds is 3. The van der Waals surface area contributed by atoms with E-state index >= 15 is 0 Å². The molecule has 1 aliphatic rings. The molecule has 0 bridgehead atoms. The summed E-state index contributed by atoms with van der Waals surface area (Å²) in [4.78, 5) is 2.46. The SMILES string of the molecule is C/C(=N/Nc1c(F)c(F)nc(F)c1F)c1ccc2c(c1)OCO2. The van der Waals surface area contributed by atoms with E-state index in [9.17, 15) is 17.6 Å². The Morgan fingerprint density at radius 1 is 1.09 bits per heavy atom. The molecule has 1 aromatic heterocycles. The number of pyridine rings is 1. The Bertz CT molecular complexity index is 785. The normalized spacial score (nSPS) is 13.3. The number of hydrazone groups is 1. The highest BCUT2D eigenvalue weighted by atomic mass is 19.2. The molecule has 1 N–H and O–H groups in total. The van der Waals surface area contributed by atoms with Crippen LogP contribution in [-0.4, -0.2) is 17.5 Å². The third-order valence-electron chi connectivity index (χ3n) is 3.12. The fourth-order valence-corrected chi connectivity index (χ4v) is 1.91. The number of benzene rings is 1. The lowest BCUT2D eigenvalue weighted by Gasteiger charge is -2.07. The fraction of sp³-hybridized carbons (Fsp3) is 0.143. The van der Waals surface area contributed by atoms with Crippen LogP contribution in [0, 0.1) is 23.5 Å². The van der Waals surface area contributed by atoms with E-state index in [2.05, 4.69) is 10.1 Å². The first-order valence-electron chi connectivity index (χ1n) is 6.37. The molecule has 0 unspecified atom stereocenters. The number of halogens is 4. The van der Waals surface area contributed by atoms with E-state index in [1.807, 2.05) is 5.43 Å². The van der Waals surface area contributed by atoms with E-state index in [0.717, 1.165) is 0 Å². The Kier molecular flexibility index (Phi) is 3.77. The summed E-state index contributed by atoms with van der Waals surface area (Å²) < 4.78 is 63.3. The molecule has 0 saturated heterocycles. The molecule has 3 rings (SSSR count). The zero-order valence-corrected chi connectivity index (χ0v) is 11.7. The van der Waals surface area contributed by atoms with E-state index < -0.39 is 29.2 Å². The van der Waals surface area contributed by atoms with Crippen LogP contribution in [0.1, 0.15) is 12.5 Å². The van der Waals surface area contributed by atoms with Crippen molar-refractivity contribution in [2.45, 2.75) is 6.92 Å². The van der Waals surface area contributed by atoms with Gasteiger partial charge in [0.1, 0.15) is 5.69 Å². The van der Waals surface area contributed by atoms with Gasteiger partial charge in [0.2, 0.25) is 18.4 Å². The first kappa shape index (κ1) is 15.1. The van der Waals surface area contributed by atoms with Crippen molar-refractivity contribution in [2.75, 3.05) is 12.2 Å². The molecule has 0 radical (unpaired) electrons. The van der Waals surface area contributed by atoms with Crippen LogP contribution >= 0.6 is 0 Å². The van der Waals surface area contributed by atoms with Crippen LogP contribution < -0.4 is 14.9 Å². The standard InChI is InChI=1S/C14H9F4N3O2/c1-6(7-2-3-8-9(4-7)23-5-22-8)20-21-12-10(15)13(17)19-14(18)11(12)16/h2-4H,5H2,1H3,(H,19,21)/b20-6-. The molecule has 0 aliphatic carbocycles. The smallest absolute Gasteiger partial charge is 0.254 e. The van der Waals surface area contributed by atoms with Gasteiger partial charge in [-0.2, -0.15) is 27.6 Å². The van der Waals surface area contributed by atoms with Crippen molar-refractivity contribution in [3.63, 3.8) is 0 Å². The van der Waals surface area contributed by atoms with Crippen molar-refractivity contribution in [2.24, 2.45) is 5.10 Å². The summed E-state index contributed by atoms with van der Waals surface area (Å²) in [6.45, 7) is 1.63. The maximum absolute atomic E-state index is 13.5. The summed E-state index contributed by atoms with van der Waals surface area (Å²) in [6, 6.07) is 4.90. The van der Waals surface area contributed by atoms with Gasteiger partial charge in [-0.25, -0.2) is 0 Å². The molecule has 0 amide bonds. The molecule has 0 atom stereocenters. The van der Waals surface area contributed by atoms with Gasteiger partial charge in [-0.1, -0.05) is 0 Å². The van der Waals surface area contributed by atoms with Crippen LogP contribution in [0.2, 0.25) is 0 Å². The average Bonchev–Trinajstić information content (AvgIpc) is 3.00. The summed E-state index contributed by atoms with van der Waals surface area (Å²) in [7, 11) is 0. The Morgan fingerprint density at radius 3 is 2.43 bits per heavy atom. The summed E-state index contributed by atoms with van der Waals surface area (Å²) in [5.41, 5.74) is 1.79. The largest absolute Gasteiger partial charge is 0.454 e. The van der Waals surface area contributed by atoms with Gasteiger partial charge >= 0.3 is 0 Å². The van der Waals surface area contributed by atoms with Crippen LogP contribution in [0.15, 0.2) is 23.3 Å². The Morgan fingerprint density at radius 2 is 1.74 bits per heavy atom. The third-order valence-corrected chi connectivity index (χ3v) is 3.12. The molecule has 5 nitrogen and oxygen atoms in total. The number of hydrogen-bond donors (Lipinski definition) is 1. The highest BCUT2D eigenvalue weighted by Gasteiger charge is 2.20. The van der Waals surface area contributed by atoms with Gasteiger partial charge in [0.05, 0.1) is 5.71 Å². The molecular weight excluding hydrogens is 318 g/mol. The maximum atomic E-state index is 13.5. The van der Waals surface area contributed by atoms with Crippen molar-refractivity contribution in [1.82, 2.24) is 4.98 Å². The van der Waals surface area contributed by atoms with E-state index in [1.54, 1.807) is 18.2 Å². The highest BCUT2D eigenvalue weighted by Crippen LogP contribution is 2.32. The second-order valence-electron chi connectivity index (χ2n) is 4.57. The topological polar surface area (TPSA) is 55.7 Å². The number of nitrogens with one attached hydrogen (secondary N) is 1. The molecule has 2 heterocycles. The quantitative estimate of drug-likeness (QED) is 0.407. The minimum absolute atomic E-state index is 0.0964. The monoisotopic (exact) mass is 327 g/mol. The van der Waals surface area contributed by atoms with Crippen molar-refractivity contribution >= 4 is 11.4 Å². The lowest BCUT2D eigenvalue weighted by Crippen LogP contribution is -2.07. The molecular formula is C14H9F4N3O2. The van der Waals surface area contributed by atoms with Crippen LogP contribution in [0.3, 0.4) is 0 Å². The molecule has 0 fully saturated rings. The molecule has 9 heteroatoms. The molecule has 2 aromatic rings. The van der Waals surface area contributed by atoms with Crippen molar-refractivity contribution in [3.8, 4) is 11.5 Å². The predicted molar refractivity (Wildman–Crippen MR) is 72.5 cm³/mol. The number of anilines is 1. The lowest BCUT2D eigenvalue weighted by molar-refractivity contribution is 0.174. The zero-order chi connectivity index (χ0) is 16.6. The third kappa shape index (κ3) is 2.77. The summed E-state index contributed by atoms with van der Waals surface area (Å²) in [5, 5.41) is 3.72. The molecule has 1 aromatic carbocycles. The van der Waals surface area contributed by atoms with Gasteiger partial charge in [-0.3, -0.25) is 5.43 Å². The van der Waals surface area contributed by atoms with Gasteiger partial charge in [0.25, 0.3) is 11.9 Å². The average molecular weight is 327 g/mol. The van der Waals surface area contributed by atoms with E-state index in [-0.39, 0.29) is 6.79 Å². The zero-order valence-electron chi connectivity index (χ0n) is 11.7. The lowest BCUT2D eigenvalue weighted by atomic mass is 10.1. The van der Waals surface area contributed by atoms with Gasteiger partial charge in [0.15, 0.2) is 11.5 Å². The van der Waals surface area contributed by atoms with E-state index in [1.165, 1.54) is 6.92 Å². The number of fused-ring (bicyclic) bond motifs is 1. The minimum Gasteiger partial charge on any atom is -0.454 e. The number of ether oxygens (including phenoxy) is 2. The van der Waals surface area contributed by atoms with Crippen molar-refractivity contribution in [1.29, 1.82) is 0 Å². The van der Waals surface area contributed by atoms with E-state index in [4.69, 9.17) is 9.47 Å². The van der Waals surface area contributed by atoms with Gasteiger partial charge in [0, 0.05) is 5.56 Å². The van der Waals surface area contributed by atoms with Crippen LogP contribution in [-0.2, 0) is 0 Å². The van der Waals surface area contributed by atoms with Gasteiger partial charge in [-0.15, -0.1) is 0 Å². The Hall–Kier alpha value is -2.84. The highest BCUT2D eigenvalue weighted by molar-refractivity contribution is 5.99. The molecule has 120 valence electrons. The fourth-order valence-electron chi connectivity index (χ4n) is 1.91. The molecule has 0 spiro atoms. The first-order valence-corrected chi connectivity index (χ1v) is 6.37. The molecule has 1 aliphatic heterocycles. The Labute approximate surface area is 127 Å². The van der Waals surface area contributed by atoms with E-state index in [0.29, 0.717) is 22.8 Å². The number of aromatic nitrogens is 1. The summed E-state index contributed by atoms with van der Waals surface area (Å²) in [5.74, 6) is -5.79. The first-order chi connectivity index (χ1) is 11.0. The van der Waals surface area contributed by atoms with Crippen molar-refractivity contribution < 1.29 is 27.0 Å². The van der Waals surface area contributed by atoms with Crippen LogP contribution in [0.25, 0.3) is 0 Å². The number of hydrogen-bond acceptors (Lipinski definition) is 5. The van der Waals surface area contributed by atoms with Crippen LogP contribution in [0.5, 0.6) is 11.5 Å². The Balaban J connectivity index is 1.88. The van der Waals surface area contributed by atoms with Crippen molar-refractivity contribution in [3.05, 3.63) is 47.3 Å². The van der Waals surface area contributed by atoms with Gasteiger partial charge in [-0.05, 0) is 25.1 Å². The van der Waals surface area contributed by atoms with Gasteiger partial charge < -0.3 is 9.47 Å². The molecule has 0 saturated carbocycles. The second-order valence-corrected chi connectivity index (χ2v) is 4.57.